The highest BCUT2D eigenvalue weighted by atomic mass is 16.3. The van der Waals surface area contributed by atoms with Gasteiger partial charge in [-0.2, -0.15) is 5.10 Å². The van der Waals surface area contributed by atoms with E-state index < -0.39 is 0 Å². The molecule has 29 heavy (non-hydrogen) atoms. The van der Waals surface area contributed by atoms with Gasteiger partial charge in [0.1, 0.15) is 5.75 Å². The summed E-state index contributed by atoms with van der Waals surface area (Å²) in [7, 11) is 0. The first-order valence-electron chi connectivity index (χ1n) is 9.34. The number of aryl methyl sites for hydroxylation is 1. The van der Waals surface area contributed by atoms with Crippen molar-refractivity contribution in [1.82, 2.24) is 5.43 Å². The van der Waals surface area contributed by atoms with Crippen molar-refractivity contribution in [3.63, 3.8) is 0 Å². The van der Waals surface area contributed by atoms with E-state index >= 15 is 0 Å². The minimum Gasteiger partial charge on any atom is -0.507 e. The second-order valence-corrected chi connectivity index (χ2v) is 6.81. The molecule has 2 amide bonds. The number of hydrazone groups is 1. The van der Waals surface area contributed by atoms with Gasteiger partial charge >= 0.3 is 0 Å². The molecule has 0 saturated carbocycles. The Kier molecular flexibility index (Phi) is 6.24. The number of nitrogens with zero attached hydrogens (tertiary/aromatic N) is 1. The van der Waals surface area contributed by atoms with E-state index in [4.69, 9.17) is 0 Å². The van der Waals surface area contributed by atoms with Gasteiger partial charge in [0, 0.05) is 24.1 Å². The minimum atomic E-state index is -0.378. The zero-order chi connectivity index (χ0) is 20.8. The van der Waals surface area contributed by atoms with Gasteiger partial charge in [-0.05, 0) is 47.9 Å². The Balaban J connectivity index is 1.55. The maximum absolute atomic E-state index is 12.1. The number of anilines is 1. The van der Waals surface area contributed by atoms with Crippen LogP contribution in [0.15, 0.2) is 59.7 Å². The maximum Gasteiger partial charge on any atom is 0.240 e. The van der Waals surface area contributed by atoms with Crippen LogP contribution in [0.4, 0.5) is 5.69 Å². The molecule has 0 radical (unpaired) electrons. The third kappa shape index (κ3) is 4.99. The van der Waals surface area contributed by atoms with Gasteiger partial charge in [0.2, 0.25) is 11.8 Å². The molecule has 0 aliphatic heterocycles. The summed E-state index contributed by atoms with van der Waals surface area (Å²) in [5, 5.41) is 18.6. The maximum atomic E-state index is 12.1. The molecule has 0 spiro atoms. The SMILES string of the molecule is Cc1cccc(NC(=O)CCC(=O)NN=Cc2c(O)ccc3ccccc23)c1C. The Bertz CT molecular complexity index is 1090. The van der Waals surface area contributed by atoms with Crippen LogP contribution in [0.1, 0.15) is 29.5 Å². The lowest BCUT2D eigenvalue weighted by Crippen LogP contribution is -2.21. The third-order valence-corrected chi connectivity index (χ3v) is 4.79. The van der Waals surface area contributed by atoms with E-state index in [1.54, 1.807) is 6.07 Å². The molecule has 0 bridgehead atoms. The molecule has 3 aromatic rings. The number of fused-ring (bicyclic) bond motifs is 1. The number of carbonyl (C=O) groups excluding carboxylic acids is 2. The van der Waals surface area contributed by atoms with Crippen molar-refractivity contribution in [1.29, 1.82) is 0 Å². The second-order valence-electron chi connectivity index (χ2n) is 6.81. The molecule has 0 unspecified atom stereocenters. The lowest BCUT2D eigenvalue weighted by atomic mass is 10.0. The molecule has 6 heteroatoms. The Morgan fingerprint density at radius 3 is 2.55 bits per heavy atom. The molecule has 148 valence electrons. The average Bonchev–Trinajstić information content (AvgIpc) is 2.71. The Morgan fingerprint density at radius 1 is 0.966 bits per heavy atom. The highest BCUT2D eigenvalue weighted by Gasteiger charge is 2.09. The topological polar surface area (TPSA) is 90.8 Å². The first kappa shape index (κ1) is 20.1. The van der Waals surface area contributed by atoms with Crippen LogP contribution in [-0.4, -0.2) is 23.1 Å². The van der Waals surface area contributed by atoms with E-state index in [0.717, 1.165) is 27.6 Å². The third-order valence-electron chi connectivity index (χ3n) is 4.79. The molecule has 3 N–H and O–H groups in total. The molecule has 3 rings (SSSR count). The van der Waals surface area contributed by atoms with Crippen molar-refractivity contribution in [3.05, 3.63) is 71.3 Å². The number of phenols is 1. The average molecular weight is 389 g/mol. The number of hydrogen-bond donors (Lipinski definition) is 3. The number of rotatable bonds is 6. The molecule has 0 aliphatic rings. The largest absolute Gasteiger partial charge is 0.507 e. The Morgan fingerprint density at radius 2 is 1.72 bits per heavy atom. The first-order valence-corrected chi connectivity index (χ1v) is 9.34. The number of phenolic OH excluding ortho intramolecular Hbond substituents is 1. The standard InChI is InChI=1S/C23H23N3O3/c1-15-6-5-9-20(16(15)2)25-22(28)12-13-23(29)26-24-14-19-18-8-4-3-7-17(18)10-11-21(19)27/h3-11,14,27H,12-13H2,1-2H3,(H,25,28)(H,26,29). The van der Waals surface area contributed by atoms with Gasteiger partial charge in [-0.15, -0.1) is 0 Å². The smallest absolute Gasteiger partial charge is 0.240 e. The quantitative estimate of drug-likeness (QED) is 0.439. The zero-order valence-electron chi connectivity index (χ0n) is 16.4. The van der Waals surface area contributed by atoms with E-state index in [0.29, 0.717) is 5.56 Å². The fraction of sp³-hybridized carbons (Fsp3) is 0.174. The van der Waals surface area contributed by atoms with Crippen LogP contribution in [0, 0.1) is 13.8 Å². The van der Waals surface area contributed by atoms with Crippen LogP contribution in [0.5, 0.6) is 5.75 Å². The summed E-state index contributed by atoms with van der Waals surface area (Å²) < 4.78 is 0. The van der Waals surface area contributed by atoms with Crippen LogP contribution in [-0.2, 0) is 9.59 Å². The molecule has 0 saturated heterocycles. The second kappa shape index (κ2) is 9.01. The normalized spacial score (nSPS) is 11.0. The summed E-state index contributed by atoms with van der Waals surface area (Å²) in [6, 6.07) is 16.7. The molecule has 0 fully saturated rings. The molecule has 0 heterocycles. The van der Waals surface area contributed by atoms with Crippen molar-refractivity contribution >= 4 is 34.5 Å². The van der Waals surface area contributed by atoms with Crippen LogP contribution in [0.25, 0.3) is 10.8 Å². The van der Waals surface area contributed by atoms with Gasteiger partial charge in [-0.3, -0.25) is 9.59 Å². The Hall–Kier alpha value is -3.67. The summed E-state index contributed by atoms with van der Waals surface area (Å²) in [4.78, 5) is 24.1. The minimum absolute atomic E-state index is 0.00948. The Labute approximate surface area is 169 Å². The number of amides is 2. The van der Waals surface area contributed by atoms with Gasteiger partial charge in [-0.25, -0.2) is 5.43 Å². The molecule has 0 atom stereocenters. The lowest BCUT2D eigenvalue weighted by Gasteiger charge is -2.10. The van der Waals surface area contributed by atoms with Crippen LogP contribution >= 0.6 is 0 Å². The van der Waals surface area contributed by atoms with Gasteiger partial charge in [0.05, 0.1) is 6.21 Å². The number of carbonyl (C=O) groups is 2. The van der Waals surface area contributed by atoms with Gasteiger partial charge in [0.15, 0.2) is 0 Å². The van der Waals surface area contributed by atoms with Gasteiger partial charge in [0.25, 0.3) is 0 Å². The van der Waals surface area contributed by atoms with E-state index in [2.05, 4.69) is 15.8 Å². The van der Waals surface area contributed by atoms with Crippen LogP contribution in [0.3, 0.4) is 0 Å². The van der Waals surface area contributed by atoms with Crippen molar-refractivity contribution < 1.29 is 14.7 Å². The summed E-state index contributed by atoms with van der Waals surface area (Å²) >= 11 is 0. The summed E-state index contributed by atoms with van der Waals surface area (Å²) in [6.07, 6.45) is 1.47. The number of aromatic hydroxyl groups is 1. The van der Waals surface area contributed by atoms with E-state index in [-0.39, 0.29) is 30.4 Å². The molecule has 6 nitrogen and oxygen atoms in total. The van der Waals surface area contributed by atoms with Crippen LogP contribution < -0.4 is 10.7 Å². The van der Waals surface area contributed by atoms with E-state index in [1.807, 2.05) is 62.4 Å². The van der Waals surface area contributed by atoms with E-state index in [9.17, 15) is 14.7 Å². The summed E-state index contributed by atoms with van der Waals surface area (Å²) in [6.45, 7) is 3.92. The molecular weight excluding hydrogens is 366 g/mol. The fourth-order valence-corrected chi connectivity index (χ4v) is 2.97. The number of hydrogen-bond acceptors (Lipinski definition) is 4. The lowest BCUT2D eigenvalue weighted by molar-refractivity contribution is -0.124. The van der Waals surface area contributed by atoms with Crippen LogP contribution in [0.2, 0.25) is 0 Å². The molecule has 0 aliphatic carbocycles. The number of benzene rings is 3. The highest BCUT2D eigenvalue weighted by Crippen LogP contribution is 2.25. The first-order chi connectivity index (χ1) is 14.0. The van der Waals surface area contributed by atoms with Crippen molar-refractivity contribution in [3.8, 4) is 5.75 Å². The van der Waals surface area contributed by atoms with Gasteiger partial charge < -0.3 is 10.4 Å². The van der Waals surface area contributed by atoms with Crippen molar-refractivity contribution in [2.75, 3.05) is 5.32 Å². The summed E-state index contributed by atoms with van der Waals surface area (Å²) in [5.41, 5.74) is 5.77. The molecular formula is C23H23N3O3. The van der Waals surface area contributed by atoms with E-state index in [1.165, 1.54) is 6.21 Å². The predicted molar refractivity (Wildman–Crippen MR) is 115 cm³/mol. The predicted octanol–water partition coefficient (Wildman–Crippen LogP) is 4.03. The fourth-order valence-electron chi connectivity index (χ4n) is 2.97. The van der Waals surface area contributed by atoms with Crippen molar-refractivity contribution in [2.24, 2.45) is 5.10 Å². The van der Waals surface area contributed by atoms with Crippen molar-refractivity contribution in [2.45, 2.75) is 26.7 Å². The summed E-state index contributed by atoms with van der Waals surface area (Å²) in [5.74, 6) is -0.531. The zero-order valence-corrected chi connectivity index (χ0v) is 16.4. The number of nitrogens with one attached hydrogen (secondary N) is 2. The molecule has 3 aromatic carbocycles. The van der Waals surface area contributed by atoms with Gasteiger partial charge in [-0.1, -0.05) is 42.5 Å². The molecule has 0 aromatic heterocycles. The monoisotopic (exact) mass is 389 g/mol. The highest BCUT2D eigenvalue weighted by molar-refractivity contribution is 6.02.